The van der Waals surface area contributed by atoms with Crippen molar-refractivity contribution < 1.29 is 23.8 Å². The van der Waals surface area contributed by atoms with Gasteiger partial charge in [0.2, 0.25) is 0 Å². The zero-order valence-corrected chi connectivity index (χ0v) is 22.2. The highest BCUT2D eigenvalue weighted by atomic mass is 19.1. The van der Waals surface area contributed by atoms with E-state index in [9.17, 15) is 19.1 Å². The number of aliphatic carboxylic acids is 1. The van der Waals surface area contributed by atoms with Gasteiger partial charge >= 0.3 is 5.97 Å². The van der Waals surface area contributed by atoms with Crippen LogP contribution in [0.2, 0.25) is 0 Å². The summed E-state index contributed by atoms with van der Waals surface area (Å²) in [5.74, 6) is -0.630. The smallest absolute Gasteiger partial charge is 0.303 e. The van der Waals surface area contributed by atoms with Gasteiger partial charge in [0.25, 0.3) is 5.91 Å². The average molecular weight is 506 g/mol. The van der Waals surface area contributed by atoms with Crippen molar-refractivity contribution in [3.05, 3.63) is 99.4 Å². The van der Waals surface area contributed by atoms with E-state index in [1.165, 1.54) is 6.07 Å². The van der Waals surface area contributed by atoms with Crippen LogP contribution in [0.5, 0.6) is 5.75 Å². The number of carboxylic acid groups (broad SMARTS) is 1. The minimum Gasteiger partial charge on any atom is -0.489 e. The van der Waals surface area contributed by atoms with Crippen molar-refractivity contribution in [1.29, 1.82) is 0 Å². The minimum atomic E-state index is -0.925. The molecule has 196 valence electrons. The first-order chi connectivity index (χ1) is 17.5. The second-order valence-corrected chi connectivity index (χ2v) is 10.2. The zero-order chi connectivity index (χ0) is 27.1. The van der Waals surface area contributed by atoms with Gasteiger partial charge in [-0.1, -0.05) is 55.3 Å². The summed E-state index contributed by atoms with van der Waals surface area (Å²) in [5.41, 5.74) is 5.70. The maximum absolute atomic E-state index is 13.6. The molecular weight excluding hydrogens is 469 g/mol. The monoisotopic (exact) mass is 505 g/mol. The Labute approximate surface area is 218 Å². The summed E-state index contributed by atoms with van der Waals surface area (Å²) in [6.07, 6.45) is 0.912. The summed E-state index contributed by atoms with van der Waals surface area (Å²) in [7, 11) is 0. The molecule has 0 radical (unpaired) electrons. The molecule has 0 fully saturated rings. The van der Waals surface area contributed by atoms with Gasteiger partial charge in [-0.3, -0.25) is 9.59 Å². The Kier molecular flexibility index (Phi) is 9.45. The first-order valence-electron chi connectivity index (χ1n) is 12.6. The molecule has 0 aliphatic rings. The topological polar surface area (TPSA) is 75.6 Å². The van der Waals surface area contributed by atoms with Gasteiger partial charge in [0.1, 0.15) is 18.2 Å². The van der Waals surface area contributed by atoms with E-state index in [4.69, 9.17) is 4.74 Å². The van der Waals surface area contributed by atoms with Crippen molar-refractivity contribution in [2.24, 2.45) is 5.92 Å². The van der Waals surface area contributed by atoms with Crippen LogP contribution >= 0.6 is 0 Å². The number of amides is 1. The standard InChI is InChI=1S/C31H36FNO4/c1-19(2)12-29(25-14-20(3)13-21(4)15-25)33-31(36)27-17-26(9-7-24(27)8-11-30(34)35)37-18-23-6-10-28(32)22(5)16-23/h6-7,9-10,13-17,19,29H,8,11-12,18H2,1-5H3,(H,33,36)(H,34,35). The van der Waals surface area contributed by atoms with Crippen LogP contribution in [0.25, 0.3) is 0 Å². The Morgan fingerprint density at radius 3 is 2.30 bits per heavy atom. The van der Waals surface area contributed by atoms with Crippen LogP contribution in [0.1, 0.15) is 76.5 Å². The predicted octanol–water partition coefficient (Wildman–Crippen LogP) is 6.86. The number of benzene rings is 3. The van der Waals surface area contributed by atoms with E-state index < -0.39 is 5.97 Å². The molecule has 1 atom stereocenters. The van der Waals surface area contributed by atoms with Gasteiger partial charge in [-0.2, -0.15) is 0 Å². The molecule has 0 aliphatic heterocycles. The summed E-state index contributed by atoms with van der Waals surface area (Å²) in [4.78, 5) is 24.8. The quantitative estimate of drug-likeness (QED) is 0.298. The average Bonchev–Trinajstić information content (AvgIpc) is 2.82. The number of nitrogens with one attached hydrogen (secondary N) is 1. The number of rotatable bonds is 11. The van der Waals surface area contributed by atoms with E-state index in [0.717, 1.165) is 28.7 Å². The fourth-order valence-corrected chi connectivity index (χ4v) is 4.48. The molecule has 3 aromatic carbocycles. The van der Waals surface area contributed by atoms with Gasteiger partial charge in [0, 0.05) is 12.0 Å². The fraction of sp³-hybridized carbons (Fsp3) is 0.355. The number of aryl methyl sites for hydroxylation is 4. The Hall–Kier alpha value is -3.67. The van der Waals surface area contributed by atoms with Crippen molar-refractivity contribution in [1.82, 2.24) is 5.32 Å². The lowest BCUT2D eigenvalue weighted by Gasteiger charge is -2.23. The van der Waals surface area contributed by atoms with E-state index in [-0.39, 0.29) is 37.2 Å². The molecule has 2 N–H and O–H groups in total. The normalized spacial score (nSPS) is 11.9. The molecule has 0 spiro atoms. The molecule has 0 aliphatic carbocycles. The number of hydrogen-bond acceptors (Lipinski definition) is 3. The maximum atomic E-state index is 13.6. The summed E-state index contributed by atoms with van der Waals surface area (Å²) < 4.78 is 19.5. The van der Waals surface area contributed by atoms with Crippen LogP contribution in [0.15, 0.2) is 54.6 Å². The Bertz CT molecular complexity index is 1250. The second-order valence-electron chi connectivity index (χ2n) is 10.2. The number of halogens is 1. The molecule has 1 unspecified atom stereocenters. The summed E-state index contributed by atoms with van der Waals surface area (Å²) >= 11 is 0. The Morgan fingerprint density at radius 1 is 0.973 bits per heavy atom. The van der Waals surface area contributed by atoms with Crippen LogP contribution < -0.4 is 10.1 Å². The number of carbonyl (C=O) groups excluding carboxylic acids is 1. The summed E-state index contributed by atoms with van der Waals surface area (Å²) in [6, 6.07) is 16.0. The van der Waals surface area contributed by atoms with Gasteiger partial charge < -0.3 is 15.2 Å². The minimum absolute atomic E-state index is 0.0815. The van der Waals surface area contributed by atoms with Crippen molar-refractivity contribution >= 4 is 11.9 Å². The maximum Gasteiger partial charge on any atom is 0.303 e. The number of carboxylic acids is 1. The van der Waals surface area contributed by atoms with E-state index in [2.05, 4.69) is 37.4 Å². The molecule has 1 amide bonds. The molecule has 0 bridgehead atoms. The molecule has 3 rings (SSSR count). The van der Waals surface area contributed by atoms with Gasteiger partial charge in [-0.25, -0.2) is 4.39 Å². The lowest BCUT2D eigenvalue weighted by Crippen LogP contribution is -2.30. The SMILES string of the molecule is Cc1cc(C)cc(C(CC(C)C)NC(=O)c2cc(OCc3ccc(F)c(C)c3)ccc2CCC(=O)O)c1. The van der Waals surface area contributed by atoms with Crippen LogP contribution in [0.3, 0.4) is 0 Å². The van der Waals surface area contributed by atoms with E-state index in [1.807, 2.05) is 13.8 Å². The third kappa shape index (κ3) is 8.17. The Balaban J connectivity index is 1.88. The predicted molar refractivity (Wildman–Crippen MR) is 143 cm³/mol. The van der Waals surface area contributed by atoms with Crippen molar-refractivity contribution in [2.75, 3.05) is 0 Å². The lowest BCUT2D eigenvalue weighted by molar-refractivity contribution is -0.136. The van der Waals surface area contributed by atoms with Crippen molar-refractivity contribution in [3.8, 4) is 5.75 Å². The van der Waals surface area contributed by atoms with Crippen molar-refractivity contribution in [2.45, 2.75) is 66.5 Å². The fourth-order valence-electron chi connectivity index (χ4n) is 4.48. The molecule has 5 nitrogen and oxygen atoms in total. The number of carbonyl (C=O) groups is 2. The summed E-state index contributed by atoms with van der Waals surface area (Å²) in [5, 5.41) is 12.4. The molecule has 0 saturated carbocycles. The molecule has 3 aromatic rings. The number of hydrogen-bond donors (Lipinski definition) is 2. The van der Waals surface area contributed by atoms with Crippen LogP contribution in [0, 0.1) is 32.5 Å². The van der Waals surface area contributed by atoms with Crippen LogP contribution in [-0.4, -0.2) is 17.0 Å². The van der Waals surface area contributed by atoms with Gasteiger partial charge in [-0.15, -0.1) is 0 Å². The molecule has 0 heterocycles. The van der Waals surface area contributed by atoms with Gasteiger partial charge in [-0.05, 0) is 86.1 Å². The molecule has 37 heavy (non-hydrogen) atoms. The third-order valence-corrected chi connectivity index (χ3v) is 6.22. The van der Waals surface area contributed by atoms with Crippen LogP contribution in [-0.2, 0) is 17.8 Å². The van der Waals surface area contributed by atoms with Crippen LogP contribution in [0.4, 0.5) is 4.39 Å². The highest BCUT2D eigenvalue weighted by Crippen LogP contribution is 2.26. The zero-order valence-electron chi connectivity index (χ0n) is 22.2. The van der Waals surface area contributed by atoms with Crippen molar-refractivity contribution in [3.63, 3.8) is 0 Å². The van der Waals surface area contributed by atoms with E-state index >= 15 is 0 Å². The highest BCUT2D eigenvalue weighted by molar-refractivity contribution is 5.96. The van der Waals surface area contributed by atoms with E-state index in [1.54, 1.807) is 37.3 Å². The van der Waals surface area contributed by atoms with Gasteiger partial charge in [0.05, 0.1) is 6.04 Å². The highest BCUT2D eigenvalue weighted by Gasteiger charge is 2.21. The molecule has 6 heteroatoms. The number of ether oxygens (including phenoxy) is 1. The third-order valence-electron chi connectivity index (χ3n) is 6.22. The van der Waals surface area contributed by atoms with E-state index in [0.29, 0.717) is 28.4 Å². The lowest BCUT2D eigenvalue weighted by atomic mass is 9.93. The van der Waals surface area contributed by atoms with Gasteiger partial charge in [0.15, 0.2) is 0 Å². The molecule has 0 saturated heterocycles. The first kappa shape index (κ1) is 27.9. The Morgan fingerprint density at radius 2 is 1.68 bits per heavy atom. The summed E-state index contributed by atoms with van der Waals surface area (Å²) in [6.45, 7) is 10.2. The molecule has 0 aromatic heterocycles. The molecular formula is C31H36FNO4. The largest absolute Gasteiger partial charge is 0.489 e. The second kappa shape index (κ2) is 12.5. The first-order valence-corrected chi connectivity index (χ1v) is 12.6.